The Morgan fingerprint density at radius 2 is 1.91 bits per heavy atom. The maximum atomic E-state index is 11.9. The minimum Gasteiger partial charge on any atom is -0.480 e. The molecule has 0 aliphatic carbocycles. The summed E-state index contributed by atoms with van der Waals surface area (Å²) >= 11 is 0. The lowest BCUT2D eigenvalue weighted by Crippen LogP contribution is -2.19. The van der Waals surface area contributed by atoms with Crippen LogP contribution in [-0.2, 0) is 11.3 Å². The van der Waals surface area contributed by atoms with Crippen LogP contribution in [-0.4, -0.2) is 38.2 Å². The Morgan fingerprint density at radius 1 is 1.32 bits per heavy atom. The van der Waals surface area contributed by atoms with E-state index in [0.29, 0.717) is 17.6 Å². The summed E-state index contributed by atoms with van der Waals surface area (Å²) in [6.45, 7) is 3.99. The zero-order valence-electron chi connectivity index (χ0n) is 12.2. The van der Waals surface area contributed by atoms with Crippen LogP contribution in [0.4, 0.5) is 0 Å². The van der Waals surface area contributed by atoms with Crippen molar-refractivity contribution in [2.45, 2.75) is 20.4 Å². The first-order valence-corrected chi connectivity index (χ1v) is 6.47. The highest BCUT2D eigenvalue weighted by Crippen LogP contribution is 2.10. The minimum atomic E-state index is -1.21. The van der Waals surface area contributed by atoms with Crippen LogP contribution >= 0.6 is 0 Å². The number of aromatic carboxylic acids is 1. The number of aromatic nitrogens is 2. The van der Waals surface area contributed by atoms with Crippen LogP contribution in [0.25, 0.3) is 11.0 Å². The molecule has 0 unspecified atom stereocenters. The Bertz CT molecular complexity index is 767. The van der Waals surface area contributed by atoms with Crippen molar-refractivity contribution in [2.24, 2.45) is 5.73 Å². The highest BCUT2D eigenvalue weighted by atomic mass is 16.4. The Kier molecular flexibility index (Phi) is 5.76. The number of fused-ring (bicyclic) bond motifs is 1. The summed E-state index contributed by atoms with van der Waals surface area (Å²) in [5.74, 6) is -2.18. The van der Waals surface area contributed by atoms with Gasteiger partial charge in [0.25, 0.3) is 0 Å². The zero-order valence-corrected chi connectivity index (χ0v) is 12.2. The molecule has 0 atom stereocenters. The van der Waals surface area contributed by atoms with Gasteiger partial charge in [0, 0.05) is 18.4 Å². The number of nitrogens with zero attached hydrogens (tertiary/aromatic N) is 2. The van der Waals surface area contributed by atoms with Gasteiger partial charge >= 0.3 is 11.9 Å². The number of carboxylic acid groups (broad SMARTS) is 2. The molecule has 2 aromatic heterocycles. The van der Waals surface area contributed by atoms with E-state index in [9.17, 15) is 14.4 Å². The summed E-state index contributed by atoms with van der Waals surface area (Å²) in [5, 5.41) is 16.9. The monoisotopic (exact) mass is 307 g/mol. The van der Waals surface area contributed by atoms with Gasteiger partial charge in [0.1, 0.15) is 11.2 Å². The number of aryl methyl sites for hydroxylation is 2. The molecule has 118 valence electrons. The van der Waals surface area contributed by atoms with Crippen LogP contribution in [0.2, 0.25) is 0 Å². The van der Waals surface area contributed by atoms with Gasteiger partial charge in [0.15, 0.2) is 0 Å². The van der Waals surface area contributed by atoms with E-state index in [4.69, 9.17) is 10.2 Å². The lowest BCUT2D eigenvalue weighted by Gasteiger charge is -2.09. The first-order valence-electron chi connectivity index (χ1n) is 6.47. The van der Waals surface area contributed by atoms with Crippen molar-refractivity contribution >= 4 is 23.0 Å². The van der Waals surface area contributed by atoms with Gasteiger partial charge in [-0.25, -0.2) is 9.78 Å². The molecule has 0 fully saturated rings. The molecule has 2 rings (SSSR count). The molecule has 2 aromatic rings. The molecule has 0 saturated heterocycles. The molecule has 0 aromatic carbocycles. The third-order valence-electron chi connectivity index (χ3n) is 2.81. The molecule has 0 radical (unpaired) electrons. The molecule has 0 amide bonds. The van der Waals surface area contributed by atoms with E-state index < -0.39 is 17.4 Å². The Hall–Kier alpha value is -2.74. The van der Waals surface area contributed by atoms with Crippen molar-refractivity contribution in [1.82, 2.24) is 9.55 Å². The summed E-state index contributed by atoms with van der Waals surface area (Å²) < 4.78 is 1.67. The van der Waals surface area contributed by atoms with E-state index in [-0.39, 0.29) is 12.1 Å². The third kappa shape index (κ3) is 3.89. The van der Waals surface area contributed by atoms with Crippen molar-refractivity contribution in [3.8, 4) is 0 Å². The molecule has 4 N–H and O–H groups in total. The molecule has 2 heterocycles. The fourth-order valence-electron chi connectivity index (χ4n) is 1.75. The number of rotatable bonds is 3. The second kappa shape index (κ2) is 7.32. The molecule has 22 heavy (non-hydrogen) atoms. The molecule has 0 bridgehead atoms. The number of carbonyl (C=O) groups is 2. The van der Waals surface area contributed by atoms with E-state index in [1.807, 2.05) is 13.8 Å². The number of aliphatic carboxylic acids is 1. The fraction of sp³-hybridized carbons (Fsp3) is 0.286. The highest BCUT2D eigenvalue weighted by molar-refractivity contribution is 5.91. The van der Waals surface area contributed by atoms with E-state index in [1.54, 1.807) is 16.7 Å². The van der Waals surface area contributed by atoms with E-state index in [0.717, 1.165) is 5.69 Å². The van der Waals surface area contributed by atoms with Crippen LogP contribution in [0.1, 0.15) is 23.0 Å². The number of pyridine rings is 2. The Balaban J connectivity index is 0.000000422. The third-order valence-corrected chi connectivity index (χ3v) is 2.81. The molecule has 0 saturated carbocycles. The maximum Gasteiger partial charge on any atom is 0.341 e. The molecule has 0 aliphatic rings. The number of hydrogen-bond donors (Lipinski definition) is 3. The van der Waals surface area contributed by atoms with Crippen LogP contribution in [0.15, 0.2) is 23.1 Å². The predicted molar refractivity (Wildman–Crippen MR) is 80.1 cm³/mol. The van der Waals surface area contributed by atoms with Gasteiger partial charge in [-0.05, 0) is 26.0 Å². The second-order valence-corrected chi connectivity index (χ2v) is 4.38. The highest BCUT2D eigenvalue weighted by Gasteiger charge is 2.14. The van der Waals surface area contributed by atoms with Crippen molar-refractivity contribution in [1.29, 1.82) is 0 Å². The quantitative estimate of drug-likeness (QED) is 0.749. The van der Waals surface area contributed by atoms with Gasteiger partial charge in [-0.3, -0.25) is 9.59 Å². The van der Waals surface area contributed by atoms with Gasteiger partial charge in [0.05, 0.1) is 11.9 Å². The average Bonchev–Trinajstić information content (AvgIpc) is 2.47. The Labute approximate surface area is 125 Å². The molecular weight excluding hydrogens is 290 g/mol. The average molecular weight is 307 g/mol. The SMILES string of the molecule is CCn1cc(C(=O)O)c(=O)c2ccc(C)nc21.NCC(=O)O. The zero-order chi connectivity index (χ0) is 16.9. The van der Waals surface area contributed by atoms with Crippen molar-refractivity contribution in [3.63, 3.8) is 0 Å². The molecule has 8 nitrogen and oxygen atoms in total. The lowest BCUT2D eigenvalue weighted by molar-refractivity contribution is -0.135. The standard InChI is InChI=1S/C12H12N2O3.C2H5NO2/c1-3-14-6-9(12(16)17)10(15)8-5-4-7(2)13-11(8)14;3-1-2(4)5/h4-6H,3H2,1-2H3,(H,16,17);1,3H2,(H,4,5). The fourth-order valence-corrected chi connectivity index (χ4v) is 1.75. The van der Waals surface area contributed by atoms with E-state index >= 15 is 0 Å². The number of hydrogen-bond acceptors (Lipinski definition) is 5. The molecular formula is C14H17N3O5. The predicted octanol–water partition coefficient (Wildman–Crippen LogP) is 0.453. The van der Waals surface area contributed by atoms with Gasteiger partial charge in [0.2, 0.25) is 5.43 Å². The van der Waals surface area contributed by atoms with Gasteiger partial charge in [-0.15, -0.1) is 0 Å². The normalized spacial score (nSPS) is 9.95. The van der Waals surface area contributed by atoms with Crippen LogP contribution in [0.5, 0.6) is 0 Å². The molecule has 0 aliphatic heterocycles. The first kappa shape index (κ1) is 17.3. The maximum absolute atomic E-state index is 11.9. The van der Waals surface area contributed by atoms with Gasteiger partial charge in [-0.1, -0.05) is 0 Å². The van der Waals surface area contributed by atoms with Crippen molar-refractivity contribution in [2.75, 3.05) is 6.54 Å². The van der Waals surface area contributed by atoms with Crippen LogP contribution < -0.4 is 11.2 Å². The number of nitrogens with two attached hydrogens (primary N) is 1. The Morgan fingerprint density at radius 3 is 2.36 bits per heavy atom. The summed E-state index contributed by atoms with van der Waals surface area (Å²) in [6.07, 6.45) is 1.35. The smallest absolute Gasteiger partial charge is 0.341 e. The van der Waals surface area contributed by atoms with E-state index in [1.165, 1.54) is 6.20 Å². The lowest BCUT2D eigenvalue weighted by atomic mass is 10.2. The topological polar surface area (TPSA) is 136 Å². The van der Waals surface area contributed by atoms with Crippen molar-refractivity contribution < 1.29 is 19.8 Å². The largest absolute Gasteiger partial charge is 0.480 e. The number of carboxylic acids is 2. The van der Waals surface area contributed by atoms with Crippen LogP contribution in [0.3, 0.4) is 0 Å². The summed E-state index contributed by atoms with van der Waals surface area (Å²) in [6, 6.07) is 3.33. The summed E-state index contributed by atoms with van der Waals surface area (Å²) in [5.41, 5.74) is 5.20. The minimum absolute atomic E-state index is 0.218. The second-order valence-electron chi connectivity index (χ2n) is 4.38. The molecule has 0 spiro atoms. The van der Waals surface area contributed by atoms with Crippen molar-refractivity contribution in [3.05, 3.63) is 39.8 Å². The van der Waals surface area contributed by atoms with E-state index in [2.05, 4.69) is 10.7 Å². The van der Waals surface area contributed by atoms with Gasteiger partial charge < -0.3 is 20.5 Å². The van der Waals surface area contributed by atoms with Crippen LogP contribution in [0, 0.1) is 6.92 Å². The summed E-state index contributed by atoms with van der Waals surface area (Å²) in [4.78, 5) is 36.4. The molecule has 8 heteroatoms. The van der Waals surface area contributed by atoms with Gasteiger partial charge in [-0.2, -0.15) is 0 Å². The first-order chi connectivity index (χ1) is 10.3. The summed E-state index contributed by atoms with van der Waals surface area (Å²) in [7, 11) is 0.